The standard InChI is InChI=1S/C11H20N2OS/c1-15-11(5-2-3-6-11)9-13-8-4-7-12-10(13)14/h2-9H2,1H3,(H,12,14). The van der Waals surface area contributed by atoms with E-state index in [4.69, 9.17) is 0 Å². The van der Waals surface area contributed by atoms with Crippen LogP contribution in [0.1, 0.15) is 32.1 Å². The van der Waals surface area contributed by atoms with Crippen molar-refractivity contribution < 1.29 is 4.79 Å². The summed E-state index contributed by atoms with van der Waals surface area (Å²) in [4.78, 5) is 13.7. The van der Waals surface area contributed by atoms with Crippen molar-refractivity contribution >= 4 is 17.8 Å². The molecule has 2 rings (SSSR count). The first kappa shape index (κ1) is 11.1. The van der Waals surface area contributed by atoms with E-state index in [0.29, 0.717) is 4.75 Å². The maximum atomic E-state index is 11.6. The summed E-state index contributed by atoms with van der Waals surface area (Å²) in [6.07, 6.45) is 8.49. The summed E-state index contributed by atoms with van der Waals surface area (Å²) >= 11 is 1.95. The summed E-state index contributed by atoms with van der Waals surface area (Å²) in [5.74, 6) is 0. The summed E-state index contributed by atoms with van der Waals surface area (Å²) in [6.45, 7) is 2.73. The SMILES string of the molecule is CSC1(CN2CCCNC2=O)CCCC1. The second kappa shape index (κ2) is 4.64. The molecule has 1 saturated carbocycles. The molecule has 0 atom stereocenters. The first-order valence-electron chi connectivity index (χ1n) is 5.84. The Kier molecular flexibility index (Phi) is 3.44. The largest absolute Gasteiger partial charge is 0.338 e. The molecule has 0 unspecified atom stereocenters. The highest BCUT2D eigenvalue weighted by molar-refractivity contribution is 8.00. The average Bonchev–Trinajstić information content (AvgIpc) is 2.71. The number of carbonyl (C=O) groups is 1. The number of urea groups is 1. The van der Waals surface area contributed by atoms with Crippen LogP contribution in [0, 0.1) is 0 Å². The molecule has 2 amide bonds. The molecule has 1 heterocycles. The van der Waals surface area contributed by atoms with Gasteiger partial charge in [-0.25, -0.2) is 4.79 Å². The van der Waals surface area contributed by atoms with E-state index in [1.807, 2.05) is 16.7 Å². The van der Waals surface area contributed by atoms with Crippen LogP contribution in [-0.4, -0.2) is 41.6 Å². The van der Waals surface area contributed by atoms with Gasteiger partial charge in [0.15, 0.2) is 0 Å². The molecule has 1 aliphatic carbocycles. The lowest BCUT2D eigenvalue weighted by molar-refractivity contribution is 0.179. The predicted molar refractivity (Wildman–Crippen MR) is 64.3 cm³/mol. The predicted octanol–water partition coefficient (Wildman–Crippen LogP) is 2.08. The van der Waals surface area contributed by atoms with E-state index in [-0.39, 0.29) is 6.03 Å². The molecular weight excluding hydrogens is 208 g/mol. The lowest BCUT2D eigenvalue weighted by Gasteiger charge is -2.36. The minimum Gasteiger partial charge on any atom is -0.338 e. The summed E-state index contributed by atoms with van der Waals surface area (Å²) in [6, 6.07) is 0.140. The number of thioether (sulfide) groups is 1. The van der Waals surface area contributed by atoms with Crippen LogP contribution in [0.4, 0.5) is 4.79 Å². The van der Waals surface area contributed by atoms with E-state index in [2.05, 4.69) is 11.6 Å². The Bertz CT molecular complexity index is 239. The van der Waals surface area contributed by atoms with Crippen molar-refractivity contribution in [3.05, 3.63) is 0 Å². The molecule has 2 fully saturated rings. The van der Waals surface area contributed by atoms with Gasteiger partial charge in [0.05, 0.1) is 0 Å². The second-order valence-corrected chi connectivity index (χ2v) is 5.88. The maximum absolute atomic E-state index is 11.6. The summed E-state index contributed by atoms with van der Waals surface area (Å²) in [5, 5.41) is 2.93. The normalized spacial score (nSPS) is 25.4. The van der Waals surface area contributed by atoms with Crippen LogP contribution in [0.2, 0.25) is 0 Å². The number of nitrogens with zero attached hydrogens (tertiary/aromatic N) is 1. The van der Waals surface area contributed by atoms with E-state index in [0.717, 1.165) is 26.1 Å². The van der Waals surface area contributed by atoms with Crippen molar-refractivity contribution in [1.29, 1.82) is 0 Å². The van der Waals surface area contributed by atoms with Gasteiger partial charge in [0.2, 0.25) is 0 Å². The molecule has 0 aromatic carbocycles. The van der Waals surface area contributed by atoms with Crippen LogP contribution in [0.5, 0.6) is 0 Å². The van der Waals surface area contributed by atoms with Crippen molar-refractivity contribution in [3.8, 4) is 0 Å². The molecule has 15 heavy (non-hydrogen) atoms. The van der Waals surface area contributed by atoms with Gasteiger partial charge in [0, 0.05) is 24.4 Å². The Hall–Kier alpha value is -0.380. The monoisotopic (exact) mass is 228 g/mol. The van der Waals surface area contributed by atoms with Crippen LogP contribution in [0.15, 0.2) is 0 Å². The number of hydrogen-bond donors (Lipinski definition) is 1. The zero-order valence-corrected chi connectivity index (χ0v) is 10.2. The van der Waals surface area contributed by atoms with Gasteiger partial charge in [0.1, 0.15) is 0 Å². The Morgan fingerprint density at radius 2 is 2.13 bits per heavy atom. The van der Waals surface area contributed by atoms with Gasteiger partial charge in [-0.05, 0) is 25.5 Å². The third kappa shape index (κ3) is 2.41. The van der Waals surface area contributed by atoms with E-state index in [9.17, 15) is 4.79 Å². The highest BCUT2D eigenvalue weighted by Crippen LogP contribution is 2.40. The quantitative estimate of drug-likeness (QED) is 0.802. The topological polar surface area (TPSA) is 32.3 Å². The zero-order chi connectivity index (χ0) is 10.7. The Morgan fingerprint density at radius 1 is 1.40 bits per heavy atom. The van der Waals surface area contributed by atoms with Crippen LogP contribution >= 0.6 is 11.8 Å². The summed E-state index contributed by atoms with van der Waals surface area (Å²) in [7, 11) is 0. The fourth-order valence-corrected chi connectivity index (χ4v) is 3.61. The molecule has 0 spiro atoms. The summed E-state index contributed by atoms with van der Waals surface area (Å²) in [5.41, 5.74) is 0. The molecular formula is C11H20N2OS. The number of rotatable bonds is 3. The molecule has 3 nitrogen and oxygen atoms in total. The van der Waals surface area contributed by atoms with E-state index >= 15 is 0 Å². The van der Waals surface area contributed by atoms with E-state index < -0.39 is 0 Å². The first-order chi connectivity index (χ1) is 7.26. The average molecular weight is 228 g/mol. The van der Waals surface area contributed by atoms with Gasteiger partial charge in [-0.15, -0.1) is 0 Å². The van der Waals surface area contributed by atoms with E-state index in [1.54, 1.807) is 0 Å². The fourth-order valence-electron chi connectivity index (χ4n) is 2.62. The highest BCUT2D eigenvalue weighted by Gasteiger charge is 2.36. The molecule has 86 valence electrons. The smallest absolute Gasteiger partial charge is 0.317 e. The number of nitrogens with one attached hydrogen (secondary N) is 1. The highest BCUT2D eigenvalue weighted by atomic mass is 32.2. The van der Waals surface area contributed by atoms with Gasteiger partial charge in [-0.3, -0.25) is 0 Å². The minimum absolute atomic E-state index is 0.140. The van der Waals surface area contributed by atoms with Gasteiger partial charge in [-0.1, -0.05) is 12.8 Å². The Labute approximate surface area is 96.0 Å². The number of amides is 2. The zero-order valence-electron chi connectivity index (χ0n) is 9.42. The van der Waals surface area contributed by atoms with Gasteiger partial charge < -0.3 is 10.2 Å². The molecule has 0 aromatic rings. The van der Waals surface area contributed by atoms with Crippen LogP contribution < -0.4 is 5.32 Å². The van der Waals surface area contributed by atoms with Gasteiger partial charge >= 0.3 is 6.03 Å². The summed E-state index contributed by atoms with van der Waals surface area (Å²) < 4.78 is 0.356. The maximum Gasteiger partial charge on any atom is 0.317 e. The third-order valence-corrected chi connectivity index (χ3v) is 5.00. The lowest BCUT2D eigenvalue weighted by atomic mass is 10.1. The van der Waals surface area contributed by atoms with Crippen LogP contribution in [-0.2, 0) is 0 Å². The molecule has 2 aliphatic rings. The van der Waals surface area contributed by atoms with Crippen LogP contribution in [0.25, 0.3) is 0 Å². The van der Waals surface area contributed by atoms with Crippen LogP contribution in [0.3, 0.4) is 0 Å². The molecule has 1 N–H and O–H groups in total. The van der Waals surface area contributed by atoms with Gasteiger partial charge in [0.25, 0.3) is 0 Å². The molecule has 0 aromatic heterocycles. The third-order valence-electron chi connectivity index (χ3n) is 3.60. The molecule has 1 aliphatic heterocycles. The van der Waals surface area contributed by atoms with Crippen molar-refractivity contribution in [2.75, 3.05) is 25.9 Å². The minimum atomic E-state index is 0.140. The van der Waals surface area contributed by atoms with Crippen molar-refractivity contribution in [2.45, 2.75) is 36.9 Å². The van der Waals surface area contributed by atoms with Gasteiger partial charge in [-0.2, -0.15) is 11.8 Å². The van der Waals surface area contributed by atoms with Crippen molar-refractivity contribution in [1.82, 2.24) is 10.2 Å². The molecule has 0 bridgehead atoms. The number of hydrogen-bond acceptors (Lipinski definition) is 2. The van der Waals surface area contributed by atoms with Crippen molar-refractivity contribution in [2.24, 2.45) is 0 Å². The Morgan fingerprint density at radius 3 is 2.73 bits per heavy atom. The lowest BCUT2D eigenvalue weighted by Crippen LogP contribution is -2.51. The van der Waals surface area contributed by atoms with Crippen molar-refractivity contribution in [3.63, 3.8) is 0 Å². The molecule has 0 radical (unpaired) electrons. The second-order valence-electron chi connectivity index (χ2n) is 4.60. The molecule has 4 heteroatoms. The first-order valence-corrected chi connectivity index (χ1v) is 7.06. The molecule has 1 saturated heterocycles. The fraction of sp³-hybridized carbons (Fsp3) is 0.909. The Balaban J connectivity index is 1.96. The van der Waals surface area contributed by atoms with E-state index in [1.165, 1.54) is 25.7 Å². The number of carbonyl (C=O) groups excluding carboxylic acids is 1.